The van der Waals surface area contributed by atoms with Crippen molar-refractivity contribution in [2.24, 2.45) is 0 Å². The van der Waals surface area contributed by atoms with Crippen molar-refractivity contribution in [1.82, 2.24) is 0 Å². The van der Waals surface area contributed by atoms with Crippen LogP contribution in [0.15, 0.2) is 244 Å². The average molecular weight is 1060 g/mol. The van der Waals surface area contributed by atoms with Crippen molar-refractivity contribution >= 4 is 33.1 Å². The third-order valence-electron chi connectivity index (χ3n) is 16.5. The van der Waals surface area contributed by atoms with E-state index in [1.807, 2.05) is 0 Å². The summed E-state index contributed by atoms with van der Waals surface area (Å²) in [5.74, 6) is 3.38. The second kappa shape index (κ2) is 19.8. The number of ether oxygens (including phenoxy) is 2. The summed E-state index contributed by atoms with van der Waals surface area (Å²) >= 11 is 0. The quantitative estimate of drug-likeness (QED) is 0.141. The van der Waals surface area contributed by atoms with Gasteiger partial charge in [0.25, 0.3) is 6.71 Å². The molecule has 0 saturated carbocycles. The third-order valence-corrected chi connectivity index (χ3v) is 20.4. The summed E-state index contributed by atoms with van der Waals surface area (Å²) in [6, 6.07) is 84.1. The minimum Gasteiger partial charge on any atom is -0.458 e. The Balaban J connectivity index is 1.13. The first-order valence-electron chi connectivity index (χ1n) is 28.5. The van der Waals surface area contributed by atoms with E-state index >= 15 is 0 Å². The zero-order valence-electron chi connectivity index (χ0n) is 48.7. The van der Waals surface area contributed by atoms with Crippen molar-refractivity contribution in [1.29, 1.82) is 0 Å². The molecule has 0 unspecified atom stereocenters. The van der Waals surface area contributed by atoms with Crippen molar-refractivity contribution in [3.05, 3.63) is 247 Å². The maximum absolute atomic E-state index is 7.66. The van der Waals surface area contributed by atoms with Crippen LogP contribution in [0.1, 0.15) is 105 Å². The third kappa shape index (κ3) is 9.50. The Bertz CT molecular complexity index is 3790. The Labute approximate surface area is 478 Å². The van der Waals surface area contributed by atoms with E-state index < -0.39 is 10.0 Å². The van der Waals surface area contributed by atoms with Gasteiger partial charge < -0.3 is 9.47 Å². The smallest absolute Gasteiger partial charge is 0.260 e. The van der Waals surface area contributed by atoms with Crippen LogP contribution in [0.3, 0.4) is 0 Å². The summed E-state index contributed by atoms with van der Waals surface area (Å²) in [5.41, 5.74) is 17.3. The average Bonchev–Trinajstić information content (AvgIpc) is 3.51. The number of hydrogen-bond acceptors (Lipinski definition) is 2. The molecule has 0 radical (unpaired) electrons. The molecule has 2 nitrogen and oxygen atoms in total. The summed E-state index contributed by atoms with van der Waals surface area (Å²) in [5, 5.41) is 0. The summed E-state index contributed by atoms with van der Waals surface area (Å²) in [4.78, 5) is 5.07. The highest BCUT2D eigenvalue weighted by molar-refractivity contribution is 8.34. The molecule has 0 bridgehead atoms. The van der Waals surface area contributed by atoms with Crippen molar-refractivity contribution in [2.75, 3.05) is 0 Å². The van der Waals surface area contributed by atoms with Gasteiger partial charge in [-0.3, -0.25) is 0 Å². The topological polar surface area (TPSA) is 18.5 Å². The lowest BCUT2D eigenvalue weighted by Crippen LogP contribution is -2.57. The molecule has 80 heavy (non-hydrogen) atoms. The summed E-state index contributed by atoms with van der Waals surface area (Å²) in [6.07, 6.45) is 0. The van der Waals surface area contributed by atoms with Crippen LogP contribution in [-0.2, 0) is 21.7 Å². The van der Waals surface area contributed by atoms with Crippen LogP contribution >= 0.6 is 10.0 Å². The normalized spacial score (nSPS) is 13.4. The van der Waals surface area contributed by atoms with Crippen LogP contribution < -0.4 is 25.9 Å². The van der Waals surface area contributed by atoms with Crippen LogP contribution in [0, 0.1) is 0 Å². The highest BCUT2D eigenvalue weighted by Gasteiger charge is 2.44. The van der Waals surface area contributed by atoms with Gasteiger partial charge in [-0.2, -0.15) is 0 Å². The van der Waals surface area contributed by atoms with Gasteiger partial charge in [0.15, 0.2) is 0 Å². The lowest BCUT2D eigenvalue weighted by Gasteiger charge is -2.42. The zero-order valence-corrected chi connectivity index (χ0v) is 49.5. The Morgan fingerprint density at radius 2 is 0.637 bits per heavy atom. The zero-order chi connectivity index (χ0) is 55.9. The first-order valence-corrected chi connectivity index (χ1v) is 30.1. The van der Waals surface area contributed by atoms with E-state index in [0.717, 1.165) is 72.8 Å². The van der Waals surface area contributed by atoms with Gasteiger partial charge in [-0.1, -0.05) is 241 Å². The highest BCUT2D eigenvalue weighted by Crippen LogP contribution is 2.73. The molecule has 0 N–H and O–H groups in total. The van der Waals surface area contributed by atoms with Crippen LogP contribution in [0.4, 0.5) is 0 Å². The summed E-state index contributed by atoms with van der Waals surface area (Å²) in [7, 11) is -2.01. The predicted octanol–water partition coefficient (Wildman–Crippen LogP) is 19.6. The van der Waals surface area contributed by atoms with Crippen LogP contribution in [-0.4, -0.2) is 6.71 Å². The van der Waals surface area contributed by atoms with Crippen LogP contribution in [0.5, 0.6) is 23.0 Å². The first-order chi connectivity index (χ1) is 38.2. The van der Waals surface area contributed by atoms with Crippen molar-refractivity contribution < 1.29 is 9.47 Å². The van der Waals surface area contributed by atoms with E-state index in [2.05, 4.69) is 308 Å². The van der Waals surface area contributed by atoms with Crippen molar-refractivity contribution in [2.45, 2.75) is 124 Å². The van der Waals surface area contributed by atoms with Gasteiger partial charge in [0.05, 0.1) is 0 Å². The fourth-order valence-corrected chi connectivity index (χ4v) is 15.8. The van der Waals surface area contributed by atoms with Gasteiger partial charge in [0.1, 0.15) is 23.0 Å². The Kier molecular flexibility index (Phi) is 13.1. The van der Waals surface area contributed by atoms with E-state index in [1.54, 1.807) is 0 Å². The van der Waals surface area contributed by atoms with Crippen LogP contribution in [0.2, 0.25) is 0 Å². The molecule has 2 aliphatic heterocycles. The fourth-order valence-electron chi connectivity index (χ4n) is 11.8. The SMILES string of the molecule is CC(C)(C)c1cc(-c2ccc3c(c2)Oc2c(-c4ccccc4)cc(-c4cccc(S(c5ccccc5)(c5ccccc5)c5ccccc5)c4)c4c2B3c2ccc(-c3cc(C(C)(C)C)cc(C(C)(C)C)c3)cc2O4)cc(C(C)(C)C)c1. The molecule has 4 heteroatoms. The highest BCUT2D eigenvalue weighted by atomic mass is 32.3. The molecule has 12 rings (SSSR count). The molecule has 0 fully saturated rings. The number of benzene rings is 10. The van der Waals surface area contributed by atoms with E-state index in [0.29, 0.717) is 0 Å². The molecule has 0 atom stereocenters. The minimum atomic E-state index is -2.01. The van der Waals surface area contributed by atoms with Gasteiger partial charge >= 0.3 is 0 Å². The van der Waals surface area contributed by atoms with E-state index in [9.17, 15) is 0 Å². The van der Waals surface area contributed by atoms with Crippen LogP contribution in [0.25, 0.3) is 44.5 Å². The molecule has 0 saturated heterocycles. The molecular weight excluding hydrogens is 988 g/mol. The first kappa shape index (κ1) is 52.9. The van der Waals surface area contributed by atoms with Gasteiger partial charge in [-0.25, -0.2) is 0 Å². The number of fused-ring (bicyclic) bond motifs is 4. The van der Waals surface area contributed by atoms with Gasteiger partial charge in [-0.05, 0) is 155 Å². The van der Waals surface area contributed by atoms with Gasteiger partial charge in [0, 0.05) is 36.2 Å². The fraction of sp³-hybridized carbons (Fsp3) is 0.211. The molecule has 0 aliphatic carbocycles. The van der Waals surface area contributed by atoms with E-state index in [-0.39, 0.29) is 28.4 Å². The molecule has 0 spiro atoms. The van der Waals surface area contributed by atoms with Gasteiger partial charge in [0.2, 0.25) is 0 Å². The lowest BCUT2D eigenvalue weighted by atomic mass is 9.34. The molecule has 10 aromatic rings. The molecule has 10 aromatic carbocycles. The van der Waals surface area contributed by atoms with E-state index in [4.69, 9.17) is 9.47 Å². The summed E-state index contributed by atoms with van der Waals surface area (Å²) < 4.78 is 15.2. The molecule has 2 aliphatic rings. The number of rotatable bonds is 8. The Morgan fingerprint density at radius 3 is 1.02 bits per heavy atom. The number of hydrogen-bond donors (Lipinski definition) is 0. The molecule has 0 amide bonds. The predicted molar refractivity (Wildman–Crippen MR) is 341 cm³/mol. The maximum atomic E-state index is 7.66. The molecular formula is C76H73BO2S. The van der Waals surface area contributed by atoms with E-state index in [1.165, 1.54) is 53.0 Å². The van der Waals surface area contributed by atoms with Gasteiger partial charge in [-0.15, -0.1) is 10.0 Å². The monoisotopic (exact) mass is 1060 g/mol. The Morgan fingerprint density at radius 1 is 0.287 bits per heavy atom. The standard InChI is InChI=1S/C76H73BO2S/c1-73(2,3)56-40-54(41-57(47-56)74(4,5)6)51-36-38-66-68(45-51)78-71-64(50-26-17-13-18-27-50)49-65(53-28-25-35-63(44-53)80(60-29-19-14-20-30-60,61-31-21-15-22-32-61)62-33-23-16-24-34-62)72-70(71)77(66)67-39-37-52(46-69(67)79-72)55-42-58(75(7,8)9)48-59(43-55)76(10,11)12/h13-49H,1-12H3. The molecule has 2 heterocycles. The summed E-state index contributed by atoms with van der Waals surface area (Å²) in [6.45, 7) is 27.5. The lowest BCUT2D eigenvalue weighted by molar-refractivity contribution is 0.467. The second-order valence-corrected chi connectivity index (χ2v) is 29.3. The minimum absolute atomic E-state index is 0.0294. The molecule has 398 valence electrons. The Hall–Kier alpha value is -7.79. The second-order valence-electron chi connectivity index (χ2n) is 26.2. The molecule has 0 aromatic heterocycles. The maximum Gasteiger partial charge on any atom is 0.260 e. The van der Waals surface area contributed by atoms with Crippen molar-refractivity contribution in [3.8, 4) is 67.5 Å². The van der Waals surface area contributed by atoms with Crippen molar-refractivity contribution in [3.63, 3.8) is 0 Å². The largest absolute Gasteiger partial charge is 0.458 e.